The molecule has 0 aliphatic heterocycles. The molecule has 1 atom stereocenters. The van der Waals surface area contributed by atoms with Crippen LogP contribution >= 0.6 is 11.6 Å². The van der Waals surface area contributed by atoms with E-state index in [1.165, 1.54) is 6.33 Å². The van der Waals surface area contributed by atoms with Crippen molar-refractivity contribution >= 4 is 23.7 Å². The van der Waals surface area contributed by atoms with E-state index in [9.17, 15) is 4.79 Å². The van der Waals surface area contributed by atoms with Crippen LogP contribution in [0.5, 0.6) is 0 Å². The molecule has 1 N–H and O–H groups in total. The smallest absolute Gasteiger partial charge is 0.156 e. The summed E-state index contributed by atoms with van der Waals surface area (Å²) in [4.78, 5) is 18.6. The maximum absolute atomic E-state index is 10.8. The van der Waals surface area contributed by atoms with Gasteiger partial charge in [-0.05, 0) is 11.8 Å². The molecule has 0 bridgehead atoms. The van der Waals surface area contributed by atoms with Crippen molar-refractivity contribution in [3.63, 3.8) is 0 Å². The quantitative estimate of drug-likeness (QED) is 0.633. The van der Waals surface area contributed by atoms with Gasteiger partial charge in [-0.2, -0.15) is 0 Å². The third-order valence-corrected chi connectivity index (χ3v) is 3.08. The molecule has 1 unspecified atom stereocenters. The summed E-state index contributed by atoms with van der Waals surface area (Å²) >= 11 is 5.78. The van der Waals surface area contributed by atoms with Gasteiger partial charge in [0.15, 0.2) is 6.29 Å². The summed E-state index contributed by atoms with van der Waals surface area (Å²) in [7, 11) is 0. The lowest BCUT2D eigenvalue weighted by molar-refractivity contribution is 0.112. The fourth-order valence-corrected chi connectivity index (χ4v) is 1.65. The van der Waals surface area contributed by atoms with Crippen LogP contribution in [0.3, 0.4) is 0 Å². The third kappa shape index (κ3) is 1.95. The lowest BCUT2D eigenvalue weighted by Crippen LogP contribution is -2.12. The Labute approximate surface area is 93.1 Å². The Kier molecular flexibility index (Phi) is 2.38. The predicted molar refractivity (Wildman–Crippen MR) is 58.2 cm³/mol. The summed E-state index contributed by atoms with van der Waals surface area (Å²) in [5.74, 6) is 0.528. The van der Waals surface area contributed by atoms with Crippen LogP contribution < -0.4 is 5.32 Å². The number of rotatable bonds is 3. The highest BCUT2D eigenvalue weighted by Crippen LogP contribution is 2.46. The molecule has 1 fully saturated rings. The van der Waals surface area contributed by atoms with Crippen molar-refractivity contribution in [2.24, 2.45) is 5.41 Å². The summed E-state index contributed by atoms with van der Waals surface area (Å²) in [5.41, 5.74) is 0.610. The van der Waals surface area contributed by atoms with E-state index in [-0.39, 0.29) is 10.6 Å². The molecule has 5 heteroatoms. The van der Waals surface area contributed by atoms with Crippen molar-refractivity contribution in [3.8, 4) is 0 Å². The molecule has 0 aromatic carbocycles. The zero-order valence-corrected chi connectivity index (χ0v) is 9.38. The topological polar surface area (TPSA) is 54.9 Å². The number of nitrogens with zero attached hydrogens (tertiary/aromatic N) is 2. The molecule has 0 spiro atoms. The molecule has 1 aliphatic rings. The zero-order valence-electron chi connectivity index (χ0n) is 8.62. The molecule has 1 heterocycles. The lowest BCUT2D eigenvalue weighted by Gasteiger charge is -2.09. The molecule has 1 aromatic heterocycles. The van der Waals surface area contributed by atoms with Gasteiger partial charge >= 0.3 is 0 Å². The highest BCUT2D eigenvalue weighted by molar-refractivity contribution is 6.32. The summed E-state index contributed by atoms with van der Waals surface area (Å²) in [6, 6.07) is 0.363. The Morgan fingerprint density at radius 1 is 1.60 bits per heavy atom. The summed E-state index contributed by atoms with van der Waals surface area (Å²) in [6.07, 6.45) is 3.11. The molecule has 1 saturated carbocycles. The van der Waals surface area contributed by atoms with Crippen LogP contribution in [0.25, 0.3) is 0 Å². The van der Waals surface area contributed by atoms with E-state index in [1.54, 1.807) is 0 Å². The molecule has 0 radical (unpaired) electrons. The number of hydrogen-bond donors (Lipinski definition) is 1. The van der Waals surface area contributed by atoms with Crippen LogP contribution in [0.4, 0.5) is 5.82 Å². The Morgan fingerprint density at radius 2 is 2.27 bits per heavy atom. The van der Waals surface area contributed by atoms with Crippen molar-refractivity contribution in [3.05, 3.63) is 17.0 Å². The highest BCUT2D eigenvalue weighted by Gasteiger charge is 2.46. The van der Waals surface area contributed by atoms with Crippen molar-refractivity contribution in [1.82, 2.24) is 9.97 Å². The van der Waals surface area contributed by atoms with Crippen LogP contribution in [0.2, 0.25) is 5.15 Å². The molecule has 15 heavy (non-hydrogen) atoms. The molecule has 2 rings (SSSR count). The van der Waals surface area contributed by atoms with Gasteiger partial charge in [-0.25, -0.2) is 9.97 Å². The first-order valence-corrected chi connectivity index (χ1v) is 5.14. The fraction of sp³-hybridized carbons (Fsp3) is 0.500. The number of halogens is 1. The second-order valence-electron chi connectivity index (χ2n) is 4.43. The van der Waals surface area contributed by atoms with E-state index < -0.39 is 0 Å². The number of hydrogen-bond acceptors (Lipinski definition) is 4. The Bertz CT molecular complexity index is 406. The van der Waals surface area contributed by atoms with Crippen LogP contribution in [0.1, 0.15) is 30.6 Å². The van der Waals surface area contributed by atoms with Gasteiger partial charge in [0, 0.05) is 6.04 Å². The molecule has 1 aliphatic carbocycles. The first-order valence-electron chi connectivity index (χ1n) is 4.77. The molecule has 1 aromatic rings. The Balaban J connectivity index is 2.22. The van der Waals surface area contributed by atoms with Crippen LogP contribution in [-0.2, 0) is 0 Å². The molecular weight excluding hydrogens is 214 g/mol. The van der Waals surface area contributed by atoms with E-state index >= 15 is 0 Å². The highest BCUT2D eigenvalue weighted by atomic mass is 35.5. The molecule has 0 saturated heterocycles. The first-order chi connectivity index (χ1) is 7.04. The number of aromatic nitrogens is 2. The SMILES string of the molecule is CC1(C)CC1Nc1ncnc(Cl)c1C=O. The summed E-state index contributed by atoms with van der Waals surface area (Å²) < 4.78 is 0. The minimum Gasteiger partial charge on any atom is -0.366 e. The molecule has 4 nitrogen and oxygen atoms in total. The van der Waals surface area contributed by atoms with Gasteiger partial charge in [0.25, 0.3) is 0 Å². The van der Waals surface area contributed by atoms with E-state index in [1.807, 2.05) is 0 Å². The van der Waals surface area contributed by atoms with E-state index in [0.717, 1.165) is 6.42 Å². The third-order valence-electron chi connectivity index (χ3n) is 2.78. The van der Waals surface area contributed by atoms with Gasteiger partial charge in [0.05, 0.1) is 5.56 Å². The average molecular weight is 226 g/mol. The van der Waals surface area contributed by atoms with Gasteiger partial charge in [0.2, 0.25) is 0 Å². The number of anilines is 1. The van der Waals surface area contributed by atoms with Crippen molar-refractivity contribution in [2.45, 2.75) is 26.3 Å². The second-order valence-corrected chi connectivity index (χ2v) is 4.79. The summed E-state index contributed by atoms with van der Waals surface area (Å²) in [6.45, 7) is 4.32. The van der Waals surface area contributed by atoms with E-state index in [2.05, 4.69) is 29.1 Å². The van der Waals surface area contributed by atoms with Crippen molar-refractivity contribution in [2.75, 3.05) is 5.32 Å². The maximum atomic E-state index is 10.8. The van der Waals surface area contributed by atoms with Gasteiger partial charge in [-0.15, -0.1) is 0 Å². The Morgan fingerprint density at radius 3 is 2.80 bits per heavy atom. The fourth-order valence-electron chi connectivity index (χ4n) is 1.47. The largest absolute Gasteiger partial charge is 0.366 e. The Hall–Kier alpha value is -1.16. The molecular formula is C10H12ClN3O. The average Bonchev–Trinajstić information content (AvgIpc) is 2.74. The second kappa shape index (κ2) is 3.45. The zero-order chi connectivity index (χ0) is 11.1. The van der Waals surface area contributed by atoms with Gasteiger partial charge in [0.1, 0.15) is 17.3 Å². The van der Waals surface area contributed by atoms with Crippen molar-refractivity contribution < 1.29 is 4.79 Å². The number of nitrogens with one attached hydrogen (secondary N) is 1. The van der Waals surface area contributed by atoms with Crippen LogP contribution in [0, 0.1) is 5.41 Å². The van der Waals surface area contributed by atoms with Crippen molar-refractivity contribution in [1.29, 1.82) is 0 Å². The molecule has 80 valence electrons. The minimum atomic E-state index is 0.195. The van der Waals surface area contributed by atoms with Gasteiger partial charge < -0.3 is 5.32 Å². The molecule has 0 amide bonds. The number of aldehydes is 1. The van der Waals surface area contributed by atoms with Gasteiger partial charge in [-0.3, -0.25) is 4.79 Å². The number of carbonyl (C=O) groups excluding carboxylic acids is 1. The van der Waals surface area contributed by atoms with Gasteiger partial charge in [-0.1, -0.05) is 25.4 Å². The normalized spacial score (nSPS) is 22.2. The lowest BCUT2D eigenvalue weighted by atomic mass is 10.2. The van der Waals surface area contributed by atoms with Crippen LogP contribution in [-0.4, -0.2) is 22.3 Å². The minimum absolute atomic E-state index is 0.195. The van der Waals surface area contributed by atoms with Crippen LogP contribution in [0.15, 0.2) is 6.33 Å². The standard InChI is InChI=1S/C10H12ClN3O/c1-10(2)3-7(10)14-9-6(4-15)8(11)12-5-13-9/h4-5,7H,3H2,1-2H3,(H,12,13,14). The predicted octanol–water partition coefficient (Wildman–Crippen LogP) is 2.15. The first kappa shape index (κ1) is 10.4. The monoisotopic (exact) mass is 225 g/mol. The maximum Gasteiger partial charge on any atom is 0.156 e. The van der Waals surface area contributed by atoms with E-state index in [0.29, 0.717) is 23.7 Å². The summed E-state index contributed by atoms with van der Waals surface area (Å²) in [5, 5.41) is 3.40. The number of carbonyl (C=O) groups is 1. The van der Waals surface area contributed by atoms with E-state index in [4.69, 9.17) is 11.6 Å².